The lowest BCUT2D eigenvalue weighted by Crippen LogP contribution is -2.19. The highest BCUT2D eigenvalue weighted by Gasteiger charge is 2.07. The van der Waals surface area contributed by atoms with Gasteiger partial charge in [0.15, 0.2) is 0 Å². The molecule has 2 heteroatoms. The van der Waals surface area contributed by atoms with E-state index in [0.717, 1.165) is 16.7 Å². The lowest BCUT2D eigenvalue weighted by molar-refractivity contribution is 0.0963. The van der Waals surface area contributed by atoms with Crippen LogP contribution in [0.15, 0.2) is 42.5 Å². The van der Waals surface area contributed by atoms with Gasteiger partial charge in [-0.15, -0.1) is 0 Å². The molecule has 20 heavy (non-hydrogen) atoms. The minimum atomic E-state index is -0.0573. The molecular weight excluding hydrogens is 246 g/mol. The molecule has 0 saturated heterocycles. The van der Waals surface area contributed by atoms with Crippen molar-refractivity contribution in [2.24, 2.45) is 0 Å². The van der Waals surface area contributed by atoms with Crippen molar-refractivity contribution >= 4 is 18.1 Å². The van der Waals surface area contributed by atoms with Crippen LogP contribution in [0.25, 0.3) is 12.2 Å². The molecule has 0 fully saturated rings. The van der Waals surface area contributed by atoms with Crippen LogP contribution in [0, 0.1) is 13.8 Å². The molecule has 1 N–H and O–H groups in total. The van der Waals surface area contributed by atoms with Crippen LogP contribution in [0.1, 0.15) is 32.6 Å². The maximum absolute atomic E-state index is 11.9. The average Bonchev–Trinajstić information content (AvgIpc) is 2.46. The van der Waals surface area contributed by atoms with Crippen LogP contribution < -0.4 is 5.32 Å². The van der Waals surface area contributed by atoms with Gasteiger partial charge in [0.1, 0.15) is 0 Å². The van der Waals surface area contributed by atoms with Gasteiger partial charge in [0.2, 0.25) is 0 Å². The summed E-state index contributed by atoms with van der Waals surface area (Å²) in [6, 6.07) is 14.1. The molecule has 0 bridgehead atoms. The Balaban J connectivity index is 2.39. The van der Waals surface area contributed by atoms with E-state index in [1.165, 1.54) is 5.56 Å². The van der Waals surface area contributed by atoms with Gasteiger partial charge >= 0.3 is 0 Å². The number of hydrogen-bond acceptors (Lipinski definition) is 1. The summed E-state index contributed by atoms with van der Waals surface area (Å²) in [7, 11) is 1.65. The normalized spacial score (nSPS) is 10.8. The second kappa shape index (κ2) is 6.20. The third kappa shape index (κ3) is 3.15. The molecule has 2 rings (SSSR count). The first kappa shape index (κ1) is 14.1. The van der Waals surface area contributed by atoms with Crippen LogP contribution in [-0.2, 0) is 0 Å². The fourth-order valence-electron chi connectivity index (χ4n) is 2.10. The van der Waals surface area contributed by atoms with Gasteiger partial charge in [-0.25, -0.2) is 0 Å². The van der Waals surface area contributed by atoms with Gasteiger partial charge in [-0.2, -0.15) is 0 Å². The van der Waals surface area contributed by atoms with Gasteiger partial charge in [-0.1, -0.05) is 54.1 Å². The zero-order valence-corrected chi connectivity index (χ0v) is 12.1. The Morgan fingerprint density at radius 3 is 2.40 bits per heavy atom. The van der Waals surface area contributed by atoms with E-state index in [4.69, 9.17) is 0 Å². The molecule has 0 spiro atoms. The molecule has 0 radical (unpaired) electrons. The molecule has 0 aliphatic rings. The monoisotopic (exact) mass is 265 g/mol. The first-order valence-electron chi connectivity index (χ1n) is 6.68. The third-order valence-corrected chi connectivity index (χ3v) is 3.31. The maximum Gasteiger partial charge on any atom is 0.251 e. The first-order chi connectivity index (χ1) is 9.61. The fourth-order valence-corrected chi connectivity index (χ4v) is 2.10. The molecule has 0 heterocycles. The first-order valence-corrected chi connectivity index (χ1v) is 6.68. The molecular formula is C18H19NO. The largest absolute Gasteiger partial charge is 0.355 e. The van der Waals surface area contributed by atoms with E-state index in [0.29, 0.717) is 5.56 Å². The standard InChI is InChI=1S/C18H19NO/c1-13-8-9-16(17(12-13)18(20)19-3)11-10-15-7-5-4-6-14(15)2/h4-12H,1-3H3,(H,19,20)/b11-10+. The number of carbonyl (C=O) groups excluding carboxylic acids is 1. The number of carbonyl (C=O) groups is 1. The molecule has 0 aliphatic carbocycles. The summed E-state index contributed by atoms with van der Waals surface area (Å²) in [5, 5.41) is 2.69. The quantitative estimate of drug-likeness (QED) is 0.839. The second-order valence-corrected chi connectivity index (χ2v) is 4.86. The molecule has 0 aromatic heterocycles. The lowest BCUT2D eigenvalue weighted by Gasteiger charge is -2.06. The zero-order chi connectivity index (χ0) is 14.5. The van der Waals surface area contributed by atoms with E-state index in [2.05, 4.69) is 24.4 Å². The van der Waals surface area contributed by atoms with Crippen molar-refractivity contribution in [3.8, 4) is 0 Å². The number of rotatable bonds is 3. The summed E-state index contributed by atoms with van der Waals surface area (Å²) in [5.74, 6) is -0.0573. The Labute approximate surface area is 120 Å². The Morgan fingerprint density at radius 1 is 1.00 bits per heavy atom. The van der Waals surface area contributed by atoms with Crippen molar-refractivity contribution in [1.29, 1.82) is 0 Å². The van der Waals surface area contributed by atoms with Crippen molar-refractivity contribution < 1.29 is 4.79 Å². The van der Waals surface area contributed by atoms with Gasteiger partial charge in [0.05, 0.1) is 0 Å². The van der Waals surface area contributed by atoms with Crippen LogP contribution in [0.4, 0.5) is 0 Å². The zero-order valence-electron chi connectivity index (χ0n) is 12.1. The topological polar surface area (TPSA) is 29.1 Å². The van der Waals surface area contributed by atoms with Crippen LogP contribution in [0.3, 0.4) is 0 Å². The van der Waals surface area contributed by atoms with E-state index in [-0.39, 0.29) is 5.91 Å². The van der Waals surface area contributed by atoms with Crippen LogP contribution in [0.5, 0.6) is 0 Å². The van der Waals surface area contributed by atoms with Crippen LogP contribution >= 0.6 is 0 Å². The van der Waals surface area contributed by atoms with E-state index in [9.17, 15) is 4.79 Å². The Kier molecular flexibility index (Phi) is 4.36. The number of aryl methyl sites for hydroxylation is 2. The van der Waals surface area contributed by atoms with Crippen molar-refractivity contribution in [1.82, 2.24) is 5.32 Å². The molecule has 1 amide bonds. The third-order valence-electron chi connectivity index (χ3n) is 3.31. The predicted molar refractivity (Wildman–Crippen MR) is 84.7 cm³/mol. The summed E-state index contributed by atoms with van der Waals surface area (Å²) in [6.45, 7) is 4.07. The Morgan fingerprint density at radius 2 is 1.70 bits per heavy atom. The highest BCUT2D eigenvalue weighted by Crippen LogP contribution is 2.17. The summed E-state index contributed by atoms with van der Waals surface area (Å²) in [5.41, 5.74) is 5.10. The summed E-state index contributed by atoms with van der Waals surface area (Å²) in [4.78, 5) is 11.9. The lowest BCUT2D eigenvalue weighted by atomic mass is 10.0. The number of nitrogens with one attached hydrogen (secondary N) is 1. The molecule has 0 saturated carbocycles. The predicted octanol–water partition coefficient (Wildman–Crippen LogP) is 3.83. The molecule has 102 valence electrons. The SMILES string of the molecule is CNC(=O)c1cc(C)ccc1/C=C/c1ccccc1C. The van der Waals surface area contributed by atoms with Crippen molar-refractivity contribution in [3.63, 3.8) is 0 Å². The summed E-state index contributed by atoms with van der Waals surface area (Å²) in [6.07, 6.45) is 4.04. The number of benzene rings is 2. The van der Waals surface area contributed by atoms with Crippen molar-refractivity contribution in [3.05, 3.63) is 70.3 Å². The minimum absolute atomic E-state index is 0.0573. The van der Waals surface area contributed by atoms with E-state index in [1.54, 1.807) is 7.05 Å². The Hall–Kier alpha value is -2.35. The van der Waals surface area contributed by atoms with Crippen LogP contribution in [-0.4, -0.2) is 13.0 Å². The van der Waals surface area contributed by atoms with E-state index >= 15 is 0 Å². The molecule has 2 aromatic carbocycles. The van der Waals surface area contributed by atoms with Crippen molar-refractivity contribution in [2.45, 2.75) is 13.8 Å². The van der Waals surface area contributed by atoms with E-state index < -0.39 is 0 Å². The van der Waals surface area contributed by atoms with Gasteiger partial charge in [-0.05, 0) is 36.6 Å². The summed E-state index contributed by atoms with van der Waals surface area (Å²) < 4.78 is 0. The van der Waals surface area contributed by atoms with Gasteiger partial charge in [-0.3, -0.25) is 4.79 Å². The molecule has 2 aromatic rings. The number of hydrogen-bond donors (Lipinski definition) is 1. The highest BCUT2D eigenvalue weighted by molar-refractivity contribution is 5.98. The number of amides is 1. The molecule has 0 aliphatic heterocycles. The fraction of sp³-hybridized carbons (Fsp3) is 0.167. The smallest absolute Gasteiger partial charge is 0.251 e. The summed E-state index contributed by atoms with van der Waals surface area (Å²) >= 11 is 0. The molecule has 0 atom stereocenters. The van der Waals surface area contributed by atoms with Gasteiger partial charge in [0.25, 0.3) is 5.91 Å². The Bertz CT molecular complexity index is 656. The second-order valence-electron chi connectivity index (χ2n) is 4.86. The van der Waals surface area contributed by atoms with Gasteiger partial charge in [0, 0.05) is 12.6 Å². The van der Waals surface area contributed by atoms with Gasteiger partial charge < -0.3 is 5.32 Å². The molecule has 2 nitrogen and oxygen atoms in total. The maximum atomic E-state index is 11.9. The highest BCUT2D eigenvalue weighted by atomic mass is 16.1. The molecule has 0 unspecified atom stereocenters. The van der Waals surface area contributed by atoms with Crippen LogP contribution in [0.2, 0.25) is 0 Å². The average molecular weight is 265 g/mol. The minimum Gasteiger partial charge on any atom is -0.355 e. The van der Waals surface area contributed by atoms with Crippen molar-refractivity contribution in [2.75, 3.05) is 7.05 Å². The van der Waals surface area contributed by atoms with E-state index in [1.807, 2.05) is 49.4 Å².